The van der Waals surface area contributed by atoms with Gasteiger partial charge < -0.3 is 10.2 Å². The number of nitrogens with one attached hydrogen (secondary N) is 1. The Morgan fingerprint density at radius 3 is 3.29 bits per heavy atom. The molecule has 4 rings (SSSR count). The van der Waals surface area contributed by atoms with Crippen molar-refractivity contribution < 1.29 is 4.79 Å². The highest BCUT2D eigenvalue weighted by Gasteiger charge is 2.49. The van der Waals surface area contributed by atoms with Crippen LogP contribution >= 0.6 is 0 Å². The number of rotatable bonds is 0. The Morgan fingerprint density at radius 2 is 2.35 bits per heavy atom. The summed E-state index contributed by atoms with van der Waals surface area (Å²) in [7, 11) is 0. The van der Waals surface area contributed by atoms with E-state index in [0.717, 1.165) is 17.9 Å². The van der Waals surface area contributed by atoms with Gasteiger partial charge in [0.15, 0.2) is 0 Å². The number of amides is 1. The van der Waals surface area contributed by atoms with Gasteiger partial charge in [-0.25, -0.2) is 0 Å². The number of nitrogens with zero attached hydrogens (tertiary/aromatic N) is 2. The van der Waals surface area contributed by atoms with Crippen LogP contribution in [0.25, 0.3) is 0 Å². The summed E-state index contributed by atoms with van der Waals surface area (Å²) in [6, 6.07) is 2.08. The van der Waals surface area contributed by atoms with Crippen LogP contribution in [-0.2, 0) is 4.79 Å². The Balaban J connectivity index is 1.81. The van der Waals surface area contributed by atoms with E-state index in [0.29, 0.717) is 11.8 Å². The first-order chi connectivity index (χ1) is 8.34. The highest BCUT2D eigenvalue weighted by molar-refractivity contribution is 6.04. The van der Waals surface area contributed by atoms with Crippen LogP contribution in [0.3, 0.4) is 0 Å². The second-order valence-corrected chi connectivity index (χ2v) is 5.33. The molecule has 3 heterocycles. The molecule has 1 aromatic rings. The summed E-state index contributed by atoms with van der Waals surface area (Å²) in [6.45, 7) is 1.04. The molecule has 3 unspecified atom stereocenters. The van der Waals surface area contributed by atoms with Crippen LogP contribution < -0.4 is 10.2 Å². The van der Waals surface area contributed by atoms with Crippen LogP contribution in [0.15, 0.2) is 18.5 Å². The lowest BCUT2D eigenvalue weighted by molar-refractivity contribution is -0.118. The second kappa shape index (κ2) is 3.22. The number of fused-ring (bicyclic) bond motifs is 5. The van der Waals surface area contributed by atoms with E-state index in [-0.39, 0.29) is 11.9 Å². The van der Waals surface area contributed by atoms with Crippen molar-refractivity contribution in [2.45, 2.75) is 25.3 Å². The number of aromatic nitrogens is 1. The van der Waals surface area contributed by atoms with Crippen LogP contribution in [0, 0.1) is 11.8 Å². The number of hydrogen-bond acceptors (Lipinski definition) is 3. The van der Waals surface area contributed by atoms with Gasteiger partial charge in [-0.05, 0) is 30.7 Å². The quantitative estimate of drug-likeness (QED) is 0.735. The van der Waals surface area contributed by atoms with Gasteiger partial charge in [0.25, 0.3) is 0 Å². The molecule has 2 aliphatic heterocycles. The SMILES string of the molecule is O=C1Nc2cnccc2N2CC3CCCC3C12. The lowest BCUT2D eigenvalue weighted by atomic mass is 9.93. The maximum absolute atomic E-state index is 12.2. The van der Waals surface area contributed by atoms with E-state index in [1.54, 1.807) is 6.20 Å². The highest BCUT2D eigenvalue weighted by Crippen LogP contribution is 2.47. The molecule has 1 saturated carbocycles. The Bertz CT molecular complexity index is 487. The van der Waals surface area contributed by atoms with Crippen LogP contribution in [0.1, 0.15) is 19.3 Å². The zero-order chi connectivity index (χ0) is 11.4. The van der Waals surface area contributed by atoms with Crippen LogP contribution in [0.4, 0.5) is 11.4 Å². The molecule has 3 aliphatic rings. The molecule has 0 aromatic carbocycles. The van der Waals surface area contributed by atoms with E-state index in [1.807, 2.05) is 12.3 Å². The molecule has 0 spiro atoms. The monoisotopic (exact) mass is 229 g/mol. The third-order valence-corrected chi connectivity index (χ3v) is 4.52. The zero-order valence-corrected chi connectivity index (χ0v) is 9.60. The minimum atomic E-state index is 0.0670. The van der Waals surface area contributed by atoms with Crippen molar-refractivity contribution in [1.82, 2.24) is 4.98 Å². The molecule has 0 radical (unpaired) electrons. The van der Waals surface area contributed by atoms with Crippen molar-refractivity contribution in [1.29, 1.82) is 0 Å². The Hall–Kier alpha value is -1.58. The Kier molecular flexibility index (Phi) is 1.79. The Morgan fingerprint density at radius 1 is 1.41 bits per heavy atom. The topological polar surface area (TPSA) is 45.2 Å². The second-order valence-electron chi connectivity index (χ2n) is 5.33. The number of carbonyl (C=O) groups is 1. The van der Waals surface area contributed by atoms with Gasteiger partial charge in [0.2, 0.25) is 5.91 Å². The minimum absolute atomic E-state index is 0.0670. The predicted molar refractivity (Wildman–Crippen MR) is 64.8 cm³/mol. The molecule has 88 valence electrons. The highest BCUT2D eigenvalue weighted by atomic mass is 16.2. The molecule has 1 N–H and O–H groups in total. The van der Waals surface area contributed by atoms with Crippen molar-refractivity contribution in [3.8, 4) is 0 Å². The molecule has 17 heavy (non-hydrogen) atoms. The van der Waals surface area contributed by atoms with E-state index in [9.17, 15) is 4.79 Å². The standard InChI is InChI=1S/C13H15N3O/c17-13-12-9-3-1-2-8(9)7-16(12)11-4-5-14-6-10(11)15-13/h4-6,8-9,12H,1-3,7H2,(H,15,17). The predicted octanol–water partition coefficient (Wildman–Crippen LogP) is 1.64. The zero-order valence-electron chi connectivity index (χ0n) is 9.60. The molecule has 1 aliphatic carbocycles. The third-order valence-electron chi connectivity index (χ3n) is 4.52. The van der Waals surface area contributed by atoms with Gasteiger partial charge in [0, 0.05) is 12.7 Å². The van der Waals surface area contributed by atoms with E-state index in [1.165, 1.54) is 19.3 Å². The number of pyridine rings is 1. The first-order valence-electron chi connectivity index (χ1n) is 6.36. The van der Waals surface area contributed by atoms with Crippen LogP contribution in [-0.4, -0.2) is 23.5 Å². The molecule has 1 saturated heterocycles. The summed E-state index contributed by atoms with van der Waals surface area (Å²) in [5.74, 6) is 1.45. The van der Waals surface area contributed by atoms with E-state index >= 15 is 0 Å². The molecule has 1 amide bonds. The van der Waals surface area contributed by atoms with Crippen molar-refractivity contribution in [2.24, 2.45) is 11.8 Å². The summed E-state index contributed by atoms with van der Waals surface area (Å²) in [5.41, 5.74) is 2.02. The molecule has 1 aromatic heterocycles. The summed E-state index contributed by atoms with van der Waals surface area (Å²) >= 11 is 0. The maximum atomic E-state index is 12.2. The van der Waals surface area contributed by atoms with Crippen LogP contribution in [0.2, 0.25) is 0 Å². The average molecular weight is 229 g/mol. The third kappa shape index (κ3) is 1.18. The van der Waals surface area contributed by atoms with Crippen molar-refractivity contribution in [2.75, 3.05) is 16.8 Å². The molecular weight excluding hydrogens is 214 g/mol. The first kappa shape index (κ1) is 9.45. The molecular formula is C13H15N3O. The fourth-order valence-corrected chi connectivity index (χ4v) is 3.83. The van der Waals surface area contributed by atoms with Gasteiger partial charge in [-0.3, -0.25) is 9.78 Å². The number of hydrogen-bond donors (Lipinski definition) is 1. The summed E-state index contributed by atoms with van der Waals surface area (Å²) in [5, 5.41) is 3.00. The van der Waals surface area contributed by atoms with E-state index in [2.05, 4.69) is 15.2 Å². The summed E-state index contributed by atoms with van der Waals surface area (Å²) < 4.78 is 0. The fourth-order valence-electron chi connectivity index (χ4n) is 3.83. The summed E-state index contributed by atoms with van der Waals surface area (Å²) in [4.78, 5) is 18.6. The van der Waals surface area contributed by atoms with Gasteiger partial charge in [0.1, 0.15) is 6.04 Å². The Labute approximate surface area is 100 Å². The molecule has 2 fully saturated rings. The molecule has 3 atom stereocenters. The lowest BCUT2D eigenvalue weighted by Gasteiger charge is -2.34. The van der Waals surface area contributed by atoms with Gasteiger partial charge in [-0.2, -0.15) is 0 Å². The lowest BCUT2D eigenvalue weighted by Crippen LogP contribution is -2.46. The van der Waals surface area contributed by atoms with Crippen LogP contribution in [0.5, 0.6) is 0 Å². The number of carbonyl (C=O) groups excluding carboxylic acids is 1. The van der Waals surface area contributed by atoms with Gasteiger partial charge in [0.05, 0.1) is 17.6 Å². The van der Waals surface area contributed by atoms with Gasteiger partial charge in [-0.15, -0.1) is 0 Å². The van der Waals surface area contributed by atoms with Crippen molar-refractivity contribution in [3.05, 3.63) is 18.5 Å². The normalized spacial score (nSPS) is 34.0. The first-order valence-corrected chi connectivity index (χ1v) is 6.36. The maximum Gasteiger partial charge on any atom is 0.247 e. The largest absolute Gasteiger partial charge is 0.357 e. The van der Waals surface area contributed by atoms with E-state index < -0.39 is 0 Å². The smallest absolute Gasteiger partial charge is 0.247 e. The van der Waals surface area contributed by atoms with Crippen molar-refractivity contribution >= 4 is 17.3 Å². The molecule has 0 bridgehead atoms. The summed E-state index contributed by atoms with van der Waals surface area (Å²) in [6.07, 6.45) is 7.33. The molecule has 4 heteroatoms. The van der Waals surface area contributed by atoms with E-state index in [4.69, 9.17) is 0 Å². The van der Waals surface area contributed by atoms with Crippen molar-refractivity contribution in [3.63, 3.8) is 0 Å². The molecule has 4 nitrogen and oxygen atoms in total. The average Bonchev–Trinajstić information content (AvgIpc) is 2.88. The van der Waals surface area contributed by atoms with Gasteiger partial charge in [-0.1, -0.05) is 6.42 Å². The fraction of sp³-hybridized carbons (Fsp3) is 0.538. The number of anilines is 2. The van der Waals surface area contributed by atoms with Gasteiger partial charge >= 0.3 is 0 Å². The minimum Gasteiger partial charge on any atom is -0.357 e.